The molecule has 1 aliphatic heterocycles. The van der Waals surface area contributed by atoms with Crippen molar-refractivity contribution in [1.82, 2.24) is 0 Å². The molecule has 1 aromatic carbocycles. The Morgan fingerprint density at radius 2 is 2.21 bits per heavy atom. The summed E-state index contributed by atoms with van der Waals surface area (Å²) in [6.07, 6.45) is 1.17. The highest BCUT2D eigenvalue weighted by Gasteiger charge is 2.27. The number of thiophene rings is 1. The average molecular weight is 272 g/mol. The summed E-state index contributed by atoms with van der Waals surface area (Å²) >= 11 is 1.75. The molecule has 3 rings (SSSR count). The van der Waals surface area contributed by atoms with E-state index in [9.17, 15) is 0 Å². The van der Waals surface area contributed by atoms with Gasteiger partial charge in [-0.2, -0.15) is 11.3 Å². The molecule has 1 aliphatic rings. The zero-order valence-electron chi connectivity index (χ0n) is 11.3. The number of fused-ring (bicyclic) bond motifs is 1. The Labute approximate surface area is 118 Å². The summed E-state index contributed by atoms with van der Waals surface area (Å²) in [5, 5.41) is 4.36. The molecule has 19 heavy (non-hydrogen) atoms. The molecule has 3 heteroatoms. The molecular formula is C16H20N2S. The summed E-state index contributed by atoms with van der Waals surface area (Å²) in [5.41, 5.74) is 10.2. The number of hydrogen-bond donors (Lipinski definition) is 1. The Morgan fingerprint density at radius 1 is 1.37 bits per heavy atom. The van der Waals surface area contributed by atoms with Gasteiger partial charge in [-0.05, 0) is 46.4 Å². The first-order valence-electron chi connectivity index (χ1n) is 6.86. The second kappa shape index (κ2) is 5.35. The predicted octanol–water partition coefficient (Wildman–Crippen LogP) is 3.45. The smallest absolute Gasteiger partial charge is 0.0673 e. The van der Waals surface area contributed by atoms with Gasteiger partial charge in [0, 0.05) is 18.8 Å². The lowest BCUT2D eigenvalue weighted by molar-refractivity contribution is 0.490. The van der Waals surface area contributed by atoms with Gasteiger partial charge in [-0.15, -0.1) is 0 Å². The molecule has 2 nitrogen and oxygen atoms in total. The van der Waals surface area contributed by atoms with E-state index in [1.807, 2.05) is 0 Å². The van der Waals surface area contributed by atoms with Crippen molar-refractivity contribution in [3.05, 3.63) is 52.2 Å². The highest BCUT2D eigenvalue weighted by molar-refractivity contribution is 7.08. The SMILES string of the molecule is CC1Cc2ccccc2N(C(CN)c2ccsc2)C1. The summed E-state index contributed by atoms with van der Waals surface area (Å²) in [5.74, 6) is 0.683. The number of nitrogens with zero attached hydrogens (tertiary/aromatic N) is 1. The van der Waals surface area contributed by atoms with E-state index in [4.69, 9.17) is 5.73 Å². The number of rotatable bonds is 3. The highest BCUT2D eigenvalue weighted by Crippen LogP contribution is 2.35. The fourth-order valence-corrected chi connectivity index (χ4v) is 3.75. The molecule has 2 aromatic rings. The average Bonchev–Trinajstić information content (AvgIpc) is 2.93. The summed E-state index contributed by atoms with van der Waals surface area (Å²) < 4.78 is 0. The molecule has 2 N–H and O–H groups in total. The quantitative estimate of drug-likeness (QED) is 0.927. The van der Waals surface area contributed by atoms with E-state index in [0.717, 1.165) is 6.54 Å². The van der Waals surface area contributed by atoms with Crippen LogP contribution < -0.4 is 10.6 Å². The van der Waals surface area contributed by atoms with E-state index in [-0.39, 0.29) is 0 Å². The maximum Gasteiger partial charge on any atom is 0.0673 e. The van der Waals surface area contributed by atoms with Crippen LogP contribution in [-0.2, 0) is 6.42 Å². The Bertz CT molecular complexity index is 535. The molecule has 0 bridgehead atoms. The molecular weight excluding hydrogens is 252 g/mol. The normalized spacial score (nSPS) is 20.1. The number of nitrogens with two attached hydrogens (primary N) is 1. The van der Waals surface area contributed by atoms with Crippen molar-refractivity contribution in [2.24, 2.45) is 11.7 Å². The van der Waals surface area contributed by atoms with Crippen LogP contribution in [0, 0.1) is 5.92 Å². The summed E-state index contributed by atoms with van der Waals surface area (Å²) in [7, 11) is 0. The maximum atomic E-state index is 6.06. The standard InChI is InChI=1S/C16H20N2S/c1-12-8-13-4-2-3-5-15(13)18(10-12)16(9-17)14-6-7-19-11-14/h2-7,11-12,16H,8-10,17H2,1H3. The van der Waals surface area contributed by atoms with Gasteiger partial charge in [-0.25, -0.2) is 0 Å². The van der Waals surface area contributed by atoms with Gasteiger partial charge in [0.1, 0.15) is 0 Å². The van der Waals surface area contributed by atoms with Gasteiger partial charge >= 0.3 is 0 Å². The lowest BCUT2D eigenvalue weighted by atomic mass is 9.92. The monoisotopic (exact) mass is 272 g/mol. The largest absolute Gasteiger partial charge is 0.363 e. The van der Waals surface area contributed by atoms with Crippen molar-refractivity contribution in [3.63, 3.8) is 0 Å². The molecule has 2 unspecified atom stereocenters. The Hall–Kier alpha value is -1.32. The van der Waals surface area contributed by atoms with Crippen LogP contribution in [0.2, 0.25) is 0 Å². The van der Waals surface area contributed by atoms with Crippen molar-refractivity contribution in [2.75, 3.05) is 18.0 Å². The first-order valence-corrected chi connectivity index (χ1v) is 7.80. The van der Waals surface area contributed by atoms with Crippen molar-refractivity contribution in [2.45, 2.75) is 19.4 Å². The number of benzene rings is 1. The lowest BCUT2D eigenvalue weighted by Gasteiger charge is -2.40. The van der Waals surface area contributed by atoms with Crippen molar-refractivity contribution >= 4 is 17.0 Å². The molecule has 0 saturated carbocycles. The van der Waals surface area contributed by atoms with E-state index in [1.165, 1.54) is 23.2 Å². The third-order valence-corrected chi connectivity index (χ3v) is 4.61. The van der Waals surface area contributed by atoms with Gasteiger partial charge < -0.3 is 10.6 Å². The van der Waals surface area contributed by atoms with Crippen LogP contribution in [0.1, 0.15) is 24.1 Å². The first kappa shape index (κ1) is 12.7. The van der Waals surface area contributed by atoms with Gasteiger partial charge in [0.05, 0.1) is 6.04 Å². The zero-order chi connectivity index (χ0) is 13.2. The first-order chi connectivity index (χ1) is 9.29. The van der Waals surface area contributed by atoms with Crippen LogP contribution in [0.4, 0.5) is 5.69 Å². The molecule has 0 spiro atoms. The number of anilines is 1. The van der Waals surface area contributed by atoms with Gasteiger partial charge in [0.25, 0.3) is 0 Å². The fraction of sp³-hybridized carbons (Fsp3) is 0.375. The second-order valence-electron chi connectivity index (χ2n) is 5.40. The molecule has 100 valence electrons. The Morgan fingerprint density at radius 3 is 2.95 bits per heavy atom. The van der Waals surface area contributed by atoms with Gasteiger partial charge in [-0.1, -0.05) is 25.1 Å². The summed E-state index contributed by atoms with van der Waals surface area (Å²) in [4.78, 5) is 2.49. The van der Waals surface area contributed by atoms with E-state index in [1.54, 1.807) is 11.3 Å². The van der Waals surface area contributed by atoms with Crippen LogP contribution in [0.3, 0.4) is 0 Å². The minimum absolute atomic E-state index is 0.301. The predicted molar refractivity (Wildman–Crippen MR) is 82.8 cm³/mol. The van der Waals surface area contributed by atoms with E-state index in [2.05, 4.69) is 52.9 Å². The number of para-hydroxylation sites is 1. The van der Waals surface area contributed by atoms with Crippen LogP contribution in [-0.4, -0.2) is 13.1 Å². The third-order valence-electron chi connectivity index (χ3n) is 3.91. The third kappa shape index (κ3) is 2.40. The molecule has 0 radical (unpaired) electrons. The minimum atomic E-state index is 0.301. The van der Waals surface area contributed by atoms with Crippen LogP contribution in [0.25, 0.3) is 0 Å². The summed E-state index contributed by atoms with van der Waals surface area (Å²) in [6.45, 7) is 4.08. The molecule has 2 heterocycles. The van der Waals surface area contributed by atoms with Gasteiger partial charge in [0.15, 0.2) is 0 Å². The highest BCUT2D eigenvalue weighted by atomic mass is 32.1. The van der Waals surface area contributed by atoms with Crippen molar-refractivity contribution in [3.8, 4) is 0 Å². The van der Waals surface area contributed by atoms with Crippen LogP contribution >= 0.6 is 11.3 Å². The van der Waals surface area contributed by atoms with Crippen LogP contribution in [0.5, 0.6) is 0 Å². The zero-order valence-corrected chi connectivity index (χ0v) is 12.1. The van der Waals surface area contributed by atoms with Crippen molar-refractivity contribution in [1.29, 1.82) is 0 Å². The second-order valence-corrected chi connectivity index (χ2v) is 6.18. The van der Waals surface area contributed by atoms with E-state index in [0.29, 0.717) is 18.5 Å². The Balaban J connectivity index is 2.00. The summed E-state index contributed by atoms with van der Waals surface area (Å²) in [6, 6.07) is 11.2. The van der Waals surface area contributed by atoms with Crippen molar-refractivity contribution < 1.29 is 0 Å². The molecule has 1 aromatic heterocycles. The Kier molecular flexibility index (Phi) is 3.58. The minimum Gasteiger partial charge on any atom is -0.363 e. The number of hydrogen-bond acceptors (Lipinski definition) is 3. The van der Waals surface area contributed by atoms with Crippen LogP contribution in [0.15, 0.2) is 41.1 Å². The molecule has 0 amide bonds. The molecule has 0 saturated heterocycles. The van der Waals surface area contributed by atoms with Gasteiger partial charge in [-0.3, -0.25) is 0 Å². The van der Waals surface area contributed by atoms with Gasteiger partial charge in [0.2, 0.25) is 0 Å². The topological polar surface area (TPSA) is 29.3 Å². The molecule has 0 aliphatic carbocycles. The fourth-order valence-electron chi connectivity index (χ4n) is 3.04. The lowest BCUT2D eigenvalue weighted by Crippen LogP contribution is -2.40. The molecule has 0 fully saturated rings. The van der Waals surface area contributed by atoms with E-state index >= 15 is 0 Å². The molecule has 2 atom stereocenters. The maximum absolute atomic E-state index is 6.06. The van der Waals surface area contributed by atoms with E-state index < -0.39 is 0 Å².